The van der Waals surface area contributed by atoms with Gasteiger partial charge in [0, 0.05) is 12.6 Å². The fourth-order valence-electron chi connectivity index (χ4n) is 1.20. The topological polar surface area (TPSA) is 30.0 Å². The minimum atomic E-state index is -0.259. The molecule has 1 rings (SSSR count). The smallest absolute Gasteiger partial charge is 0.141 e. The van der Waals surface area contributed by atoms with E-state index in [0.717, 1.165) is 0 Å². The lowest BCUT2D eigenvalue weighted by Gasteiger charge is -2.10. The van der Waals surface area contributed by atoms with E-state index in [-0.39, 0.29) is 11.7 Å². The molecular weight excluding hydrogens is 221 g/mol. The summed E-state index contributed by atoms with van der Waals surface area (Å²) in [6, 6.07) is 1.60. The van der Waals surface area contributed by atoms with Crippen LogP contribution >= 0.6 is 23.2 Å². The molecule has 0 aliphatic rings. The van der Waals surface area contributed by atoms with Crippen molar-refractivity contribution in [2.45, 2.75) is 26.2 Å². The molecule has 0 aliphatic carbocycles. The summed E-state index contributed by atoms with van der Waals surface area (Å²) in [4.78, 5) is 15.5. The summed E-state index contributed by atoms with van der Waals surface area (Å²) in [6.45, 7) is 3.62. The average Bonchev–Trinajstić information content (AvgIpc) is 2.15. The average molecular weight is 232 g/mol. The van der Waals surface area contributed by atoms with Crippen molar-refractivity contribution in [3.63, 3.8) is 0 Å². The molecule has 0 radical (unpaired) electrons. The molecule has 1 unspecified atom stereocenters. The van der Waals surface area contributed by atoms with E-state index >= 15 is 0 Å². The second kappa shape index (κ2) is 4.76. The molecule has 14 heavy (non-hydrogen) atoms. The quantitative estimate of drug-likeness (QED) is 0.798. The Morgan fingerprint density at radius 1 is 1.57 bits per heavy atom. The Morgan fingerprint density at radius 3 is 2.71 bits per heavy atom. The molecular formula is C10H11Cl2NO. The molecule has 1 heterocycles. The highest BCUT2D eigenvalue weighted by Gasteiger charge is 2.17. The first kappa shape index (κ1) is 11.5. The maximum atomic E-state index is 11.4. The number of pyridine rings is 1. The summed E-state index contributed by atoms with van der Waals surface area (Å²) in [6.07, 6.45) is 1.99. The van der Waals surface area contributed by atoms with E-state index in [1.807, 2.05) is 6.92 Å². The van der Waals surface area contributed by atoms with E-state index in [4.69, 9.17) is 23.2 Å². The van der Waals surface area contributed by atoms with Crippen LogP contribution in [0.25, 0.3) is 0 Å². The Hall–Kier alpha value is -0.600. The van der Waals surface area contributed by atoms with Gasteiger partial charge < -0.3 is 0 Å². The molecule has 0 aromatic carbocycles. The van der Waals surface area contributed by atoms with Crippen molar-refractivity contribution in [3.05, 3.63) is 28.0 Å². The number of carbonyl (C=O) groups is 1. The lowest BCUT2D eigenvalue weighted by atomic mass is 10.0. The predicted octanol–water partition coefficient (Wildman–Crippen LogP) is 3.47. The summed E-state index contributed by atoms with van der Waals surface area (Å²) in [7, 11) is 0. The van der Waals surface area contributed by atoms with Crippen LogP contribution in [0.15, 0.2) is 12.3 Å². The van der Waals surface area contributed by atoms with Crippen molar-refractivity contribution in [2.24, 2.45) is 0 Å². The largest absolute Gasteiger partial charge is 0.299 e. The number of rotatable bonds is 3. The lowest BCUT2D eigenvalue weighted by molar-refractivity contribution is -0.119. The Morgan fingerprint density at radius 2 is 2.21 bits per heavy atom. The summed E-state index contributed by atoms with van der Waals surface area (Å²) in [5, 5.41) is 0.932. The van der Waals surface area contributed by atoms with Gasteiger partial charge in [0.1, 0.15) is 5.78 Å². The van der Waals surface area contributed by atoms with Crippen molar-refractivity contribution >= 4 is 29.0 Å². The van der Waals surface area contributed by atoms with Crippen molar-refractivity contribution in [3.8, 4) is 0 Å². The minimum absolute atomic E-state index is 0.127. The van der Waals surface area contributed by atoms with E-state index in [1.165, 1.54) is 6.20 Å². The molecule has 1 aromatic rings. The number of hydrogen-bond donors (Lipinski definition) is 0. The molecule has 0 saturated heterocycles. The highest BCUT2D eigenvalue weighted by atomic mass is 35.5. The van der Waals surface area contributed by atoms with Gasteiger partial charge in [-0.3, -0.25) is 9.78 Å². The number of aromatic nitrogens is 1. The van der Waals surface area contributed by atoms with Crippen molar-refractivity contribution in [1.82, 2.24) is 4.98 Å². The molecule has 1 atom stereocenters. The molecule has 0 saturated carbocycles. The zero-order chi connectivity index (χ0) is 10.7. The summed E-state index contributed by atoms with van der Waals surface area (Å²) < 4.78 is 0. The lowest BCUT2D eigenvalue weighted by Crippen LogP contribution is -2.09. The molecule has 1 aromatic heterocycles. The fraction of sp³-hybridized carbons (Fsp3) is 0.400. The first-order chi connectivity index (χ1) is 6.56. The number of nitrogens with zero attached hydrogens (tertiary/aromatic N) is 1. The molecule has 0 amide bonds. The van der Waals surface area contributed by atoms with E-state index in [0.29, 0.717) is 22.2 Å². The standard InChI is InChI=1S/C10H11Cl2NO/c1-3-9(14)6(2)10-8(12)4-7(11)5-13-10/h4-6H,3H2,1-2H3. The first-order valence-electron chi connectivity index (χ1n) is 4.40. The zero-order valence-electron chi connectivity index (χ0n) is 8.05. The first-order valence-corrected chi connectivity index (χ1v) is 5.15. The maximum Gasteiger partial charge on any atom is 0.141 e. The number of ketones is 1. The normalized spacial score (nSPS) is 12.6. The van der Waals surface area contributed by atoms with Crippen LogP contribution in [-0.2, 0) is 4.79 Å². The van der Waals surface area contributed by atoms with Crippen molar-refractivity contribution < 1.29 is 4.79 Å². The van der Waals surface area contributed by atoms with E-state index in [9.17, 15) is 4.79 Å². The third kappa shape index (κ3) is 2.46. The molecule has 0 fully saturated rings. The van der Waals surface area contributed by atoms with Gasteiger partial charge in [-0.1, -0.05) is 30.1 Å². The summed E-state index contributed by atoms with van der Waals surface area (Å²) >= 11 is 11.6. The van der Waals surface area contributed by atoms with Gasteiger partial charge in [-0.05, 0) is 13.0 Å². The molecule has 0 spiro atoms. The number of hydrogen-bond acceptors (Lipinski definition) is 2. The zero-order valence-corrected chi connectivity index (χ0v) is 9.56. The third-order valence-corrected chi connectivity index (χ3v) is 2.59. The third-order valence-electron chi connectivity index (χ3n) is 2.08. The van der Waals surface area contributed by atoms with Crippen LogP contribution in [0.2, 0.25) is 10.0 Å². The summed E-state index contributed by atoms with van der Waals surface area (Å²) in [5.41, 5.74) is 0.600. The van der Waals surface area contributed by atoms with Gasteiger partial charge in [0.25, 0.3) is 0 Å². The Kier molecular flexibility index (Phi) is 3.90. The highest BCUT2D eigenvalue weighted by Crippen LogP contribution is 2.25. The number of halogens is 2. The Labute approximate surface area is 93.2 Å². The van der Waals surface area contributed by atoms with Crippen molar-refractivity contribution in [1.29, 1.82) is 0 Å². The highest BCUT2D eigenvalue weighted by molar-refractivity contribution is 6.35. The van der Waals surface area contributed by atoms with Crippen LogP contribution in [0.1, 0.15) is 31.9 Å². The Balaban J connectivity index is 3.01. The van der Waals surface area contributed by atoms with Gasteiger partial charge in [-0.25, -0.2) is 0 Å². The van der Waals surface area contributed by atoms with Gasteiger partial charge in [-0.15, -0.1) is 0 Å². The second-order valence-corrected chi connectivity index (χ2v) is 3.91. The minimum Gasteiger partial charge on any atom is -0.299 e. The predicted molar refractivity (Wildman–Crippen MR) is 58.0 cm³/mol. The van der Waals surface area contributed by atoms with E-state index in [1.54, 1.807) is 13.0 Å². The van der Waals surface area contributed by atoms with Gasteiger partial charge in [0.15, 0.2) is 0 Å². The van der Waals surface area contributed by atoms with Crippen LogP contribution in [0.3, 0.4) is 0 Å². The second-order valence-electron chi connectivity index (χ2n) is 3.06. The van der Waals surface area contributed by atoms with Gasteiger partial charge in [-0.2, -0.15) is 0 Å². The number of Topliss-reactive ketones (excluding diaryl/α,β-unsaturated/α-hetero) is 1. The van der Waals surface area contributed by atoms with E-state index in [2.05, 4.69) is 4.98 Å². The van der Waals surface area contributed by atoms with Gasteiger partial charge in [0.2, 0.25) is 0 Å². The van der Waals surface area contributed by atoms with Gasteiger partial charge >= 0.3 is 0 Å². The monoisotopic (exact) mass is 231 g/mol. The molecule has 0 bridgehead atoms. The molecule has 0 aliphatic heterocycles. The van der Waals surface area contributed by atoms with E-state index < -0.39 is 0 Å². The Bertz CT molecular complexity index is 352. The molecule has 76 valence electrons. The fourth-order valence-corrected chi connectivity index (χ4v) is 1.75. The number of carbonyl (C=O) groups excluding carboxylic acids is 1. The SMILES string of the molecule is CCC(=O)C(C)c1ncc(Cl)cc1Cl. The van der Waals surface area contributed by atoms with Crippen molar-refractivity contribution in [2.75, 3.05) is 0 Å². The van der Waals surface area contributed by atoms with Crippen LogP contribution in [0.5, 0.6) is 0 Å². The molecule has 4 heteroatoms. The van der Waals surface area contributed by atoms with Crippen LogP contribution in [0, 0.1) is 0 Å². The maximum absolute atomic E-state index is 11.4. The molecule has 2 nitrogen and oxygen atoms in total. The van der Waals surface area contributed by atoms with Crippen LogP contribution < -0.4 is 0 Å². The van der Waals surface area contributed by atoms with Crippen LogP contribution in [0.4, 0.5) is 0 Å². The van der Waals surface area contributed by atoms with Crippen LogP contribution in [-0.4, -0.2) is 10.8 Å². The van der Waals surface area contributed by atoms with Gasteiger partial charge in [0.05, 0.1) is 21.7 Å². The summed E-state index contributed by atoms with van der Waals surface area (Å²) in [5.74, 6) is -0.133. The molecule has 0 N–H and O–H groups in total.